The van der Waals surface area contributed by atoms with Crippen LogP contribution in [-0.2, 0) is 10.0 Å². The highest BCUT2D eigenvalue weighted by molar-refractivity contribution is 7.89. The number of carbonyl (C=O) groups is 1. The molecule has 1 aromatic carbocycles. The second-order valence-corrected chi connectivity index (χ2v) is 8.03. The molecule has 0 aliphatic carbocycles. The van der Waals surface area contributed by atoms with Gasteiger partial charge < -0.3 is 5.32 Å². The quantitative estimate of drug-likeness (QED) is 0.370. The van der Waals surface area contributed by atoms with E-state index in [1.54, 1.807) is 0 Å². The third-order valence-electron chi connectivity index (χ3n) is 3.32. The van der Waals surface area contributed by atoms with E-state index < -0.39 is 27.3 Å². The summed E-state index contributed by atoms with van der Waals surface area (Å²) in [5.74, 6) is -1.66. The molecule has 0 saturated heterocycles. The molecule has 0 unspecified atom stereocenters. The molecule has 0 aromatic heterocycles. The van der Waals surface area contributed by atoms with Crippen molar-refractivity contribution in [2.75, 3.05) is 20.6 Å². The fraction of sp³-hybridized carbons (Fsp3) is 0.467. The monoisotopic (exact) mass is 390 g/mol. The number of thiocarbonyl (C=S) groups is 1. The zero-order valence-corrected chi connectivity index (χ0v) is 16.1. The Morgan fingerprint density at radius 2 is 1.92 bits per heavy atom. The van der Waals surface area contributed by atoms with Gasteiger partial charge in [0, 0.05) is 20.6 Å². The number of nitrogens with one attached hydrogen (secondary N) is 3. The topological polar surface area (TPSA) is 90.5 Å². The molecule has 140 valence electrons. The molecule has 10 heteroatoms. The molecule has 25 heavy (non-hydrogen) atoms. The number of sulfonamides is 1. The lowest BCUT2D eigenvalue weighted by Gasteiger charge is -2.14. The van der Waals surface area contributed by atoms with E-state index >= 15 is 0 Å². The van der Waals surface area contributed by atoms with Crippen LogP contribution in [0.1, 0.15) is 36.5 Å². The molecule has 0 saturated carbocycles. The van der Waals surface area contributed by atoms with E-state index in [-0.39, 0.29) is 10.0 Å². The minimum atomic E-state index is -3.77. The van der Waals surface area contributed by atoms with Gasteiger partial charge in [0.05, 0.1) is 10.5 Å². The van der Waals surface area contributed by atoms with Crippen LogP contribution >= 0.6 is 12.2 Å². The van der Waals surface area contributed by atoms with E-state index in [1.807, 2.05) is 0 Å². The molecule has 0 atom stereocenters. The zero-order chi connectivity index (χ0) is 19.0. The number of hydrogen-bond donors (Lipinski definition) is 3. The first-order valence-corrected chi connectivity index (χ1v) is 9.61. The van der Waals surface area contributed by atoms with Gasteiger partial charge in [0.25, 0.3) is 5.91 Å². The van der Waals surface area contributed by atoms with Gasteiger partial charge in [0.1, 0.15) is 5.82 Å². The molecule has 0 aliphatic heterocycles. The zero-order valence-electron chi connectivity index (χ0n) is 14.4. The molecule has 1 rings (SSSR count). The van der Waals surface area contributed by atoms with Crippen molar-refractivity contribution in [1.82, 2.24) is 20.5 Å². The second-order valence-electron chi connectivity index (χ2n) is 5.47. The lowest BCUT2D eigenvalue weighted by atomic mass is 10.2. The third kappa shape index (κ3) is 6.22. The number of amides is 1. The van der Waals surface area contributed by atoms with Gasteiger partial charge in [-0.15, -0.1) is 0 Å². The smallest absolute Gasteiger partial charge is 0.272 e. The second kappa shape index (κ2) is 9.64. The van der Waals surface area contributed by atoms with Crippen LogP contribution in [-0.4, -0.2) is 44.4 Å². The lowest BCUT2D eigenvalue weighted by molar-refractivity contribution is 0.0939. The van der Waals surface area contributed by atoms with Gasteiger partial charge in [-0.1, -0.05) is 19.8 Å². The average molecular weight is 391 g/mol. The number of unbranched alkanes of at least 4 members (excludes halogenated alkanes) is 2. The van der Waals surface area contributed by atoms with E-state index in [4.69, 9.17) is 12.2 Å². The van der Waals surface area contributed by atoms with Crippen molar-refractivity contribution in [3.63, 3.8) is 0 Å². The summed E-state index contributed by atoms with van der Waals surface area (Å²) >= 11 is 4.99. The molecule has 0 radical (unpaired) electrons. The summed E-state index contributed by atoms with van der Waals surface area (Å²) in [4.78, 5) is 11.9. The molecule has 7 nitrogen and oxygen atoms in total. The Labute approximate surface area is 153 Å². The average Bonchev–Trinajstić information content (AvgIpc) is 2.56. The molecule has 0 heterocycles. The van der Waals surface area contributed by atoms with Crippen LogP contribution in [0.4, 0.5) is 4.39 Å². The van der Waals surface area contributed by atoms with Crippen LogP contribution in [0.5, 0.6) is 0 Å². The highest BCUT2D eigenvalue weighted by Gasteiger charge is 2.21. The largest absolute Gasteiger partial charge is 0.361 e. The van der Waals surface area contributed by atoms with Crippen LogP contribution in [0.25, 0.3) is 0 Å². The summed E-state index contributed by atoms with van der Waals surface area (Å²) in [7, 11) is -1.07. The van der Waals surface area contributed by atoms with E-state index in [0.717, 1.165) is 41.8 Å². The maximum Gasteiger partial charge on any atom is 0.272 e. The number of halogens is 1. The van der Waals surface area contributed by atoms with Crippen molar-refractivity contribution in [3.8, 4) is 0 Å². The Bertz CT molecular complexity index is 723. The molecule has 3 N–H and O–H groups in total. The minimum Gasteiger partial charge on any atom is -0.361 e. The Kier molecular flexibility index (Phi) is 8.20. The van der Waals surface area contributed by atoms with Crippen molar-refractivity contribution in [2.45, 2.75) is 31.1 Å². The summed E-state index contributed by atoms with van der Waals surface area (Å²) in [6.07, 6.45) is 3.07. The van der Waals surface area contributed by atoms with Crippen LogP contribution in [0.2, 0.25) is 0 Å². The van der Waals surface area contributed by atoms with Crippen molar-refractivity contribution in [1.29, 1.82) is 0 Å². The SMILES string of the molecule is CCCCCNC(=S)NNC(=O)c1cc(S(=O)(=O)N(C)C)ccc1F. The first-order chi connectivity index (χ1) is 11.7. The van der Waals surface area contributed by atoms with Crippen LogP contribution in [0, 0.1) is 5.82 Å². The van der Waals surface area contributed by atoms with E-state index in [2.05, 4.69) is 23.1 Å². The fourth-order valence-electron chi connectivity index (χ4n) is 1.85. The summed E-state index contributed by atoms with van der Waals surface area (Å²) in [5.41, 5.74) is 4.31. The Morgan fingerprint density at radius 1 is 1.24 bits per heavy atom. The van der Waals surface area contributed by atoms with Gasteiger partial charge in [-0.2, -0.15) is 0 Å². The van der Waals surface area contributed by atoms with Gasteiger partial charge in [-0.25, -0.2) is 17.1 Å². The standard InChI is InChI=1S/C15H23FN4O3S2/c1-4-5-6-9-17-15(24)19-18-14(21)12-10-11(7-8-13(12)16)25(22,23)20(2)3/h7-8,10H,4-6,9H2,1-3H3,(H,18,21)(H2,17,19,24). The van der Waals surface area contributed by atoms with Gasteiger partial charge in [0.2, 0.25) is 10.0 Å². The molecule has 0 aliphatic rings. The van der Waals surface area contributed by atoms with Crippen molar-refractivity contribution in [2.24, 2.45) is 0 Å². The molecule has 1 amide bonds. The number of carbonyl (C=O) groups excluding carboxylic acids is 1. The Hall–Kier alpha value is -1.78. The third-order valence-corrected chi connectivity index (χ3v) is 5.37. The molecule has 0 bridgehead atoms. The normalized spacial score (nSPS) is 11.2. The van der Waals surface area contributed by atoms with Gasteiger partial charge in [-0.05, 0) is 36.8 Å². The van der Waals surface area contributed by atoms with E-state index in [1.165, 1.54) is 14.1 Å². The number of hydrazine groups is 1. The summed E-state index contributed by atoms with van der Waals surface area (Å²) in [6, 6.07) is 3.03. The summed E-state index contributed by atoms with van der Waals surface area (Å²) < 4.78 is 39.0. The Balaban J connectivity index is 2.74. The van der Waals surface area contributed by atoms with Gasteiger partial charge in [0.15, 0.2) is 5.11 Å². The minimum absolute atomic E-state index is 0.177. The summed E-state index contributed by atoms with van der Waals surface area (Å²) in [6.45, 7) is 2.73. The number of hydrogen-bond acceptors (Lipinski definition) is 4. The van der Waals surface area contributed by atoms with Crippen LogP contribution in [0.15, 0.2) is 23.1 Å². The number of benzene rings is 1. The molecular weight excluding hydrogens is 367 g/mol. The number of nitrogens with zero attached hydrogens (tertiary/aromatic N) is 1. The predicted molar refractivity (Wildman–Crippen MR) is 98.0 cm³/mol. The van der Waals surface area contributed by atoms with Crippen molar-refractivity contribution >= 4 is 33.3 Å². The van der Waals surface area contributed by atoms with Crippen LogP contribution < -0.4 is 16.2 Å². The van der Waals surface area contributed by atoms with Crippen molar-refractivity contribution in [3.05, 3.63) is 29.6 Å². The van der Waals surface area contributed by atoms with Gasteiger partial charge in [-0.3, -0.25) is 15.6 Å². The molecular formula is C15H23FN4O3S2. The van der Waals surface area contributed by atoms with E-state index in [0.29, 0.717) is 6.54 Å². The first kappa shape index (κ1) is 21.3. The molecule has 0 spiro atoms. The Morgan fingerprint density at radius 3 is 2.52 bits per heavy atom. The molecule has 0 fully saturated rings. The first-order valence-electron chi connectivity index (χ1n) is 7.76. The number of rotatable bonds is 7. The highest BCUT2D eigenvalue weighted by Crippen LogP contribution is 2.17. The van der Waals surface area contributed by atoms with Gasteiger partial charge >= 0.3 is 0 Å². The summed E-state index contributed by atoms with van der Waals surface area (Å²) in [5, 5.41) is 3.10. The maximum absolute atomic E-state index is 13.9. The molecule has 1 aromatic rings. The lowest BCUT2D eigenvalue weighted by Crippen LogP contribution is -2.47. The highest BCUT2D eigenvalue weighted by atomic mass is 32.2. The predicted octanol–water partition coefficient (Wildman–Crippen LogP) is 1.38. The van der Waals surface area contributed by atoms with Crippen molar-refractivity contribution < 1.29 is 17.6 Å². The fourth-order valence-corrected chi connectivity index (χ4v) is 2.93. The maximum atomic E-state index is 13.9. The van der Waals surface area contributed by atoms with Crippen LogP contribution in [0.3, 0.4) is 0 Å². The van der Waals surface area contributed by atoms with E-state index in [9.17, 15) is 17.6 Å².